The molecular weight excluding hydrogens is 442 g/mol. The van der Waals surface area contributed by atoms with E-state index >= 15 is 0 Å². The van der Waals surface area contributed by atoms with Crippen molar-refractivity contribution in [3.63, 3.8) is 0 Å². The van der Waals surface area contributed by atoms with Crippen LogP contribution < -0.4 is 5.32 Å². The van der Waals surface area contributed by atoms with E-state index in [0.29, 0.717) is 42.6 Å². The van der Waals surface area contributed by atoms with E-state index in [1.165, 1.54) is 12.5 Å². The van der Waals surface area contributed by atoms with Crippen molar-refractivity contribution in [3.05, 3.63) is 41.8 Å². The fraction of sp³-hybridized carbons (Fsp3) is 0.625. The zero-order chi connectivity index (χ0) is 24.4. The maximum absolute atomic E-state index is 12.8. The van der Waals surface area contributed by atoms with Crippen LogP contribution in [0.3, 0.4) is 0 Å². The van der Waals surface area contributed by atoms with Gasteiger partial charge in [0, 0.05) is 12.0 Å². The van der Waals surface area contributed by atoms with Gasteiger partial charge in [-0.15, -0.1) is 0 Å². The molecule has 0 heterocycles. The Kier molecular flexibility index (Phi) is 11.8. The average molecular weight is 484 g/mol. The van der Waals surface area contributed by atoms with Gasteiger partial charge < -0.3 is 14.5 Å². The molecule has 1 rings (SSSR count). The quantitative estimate of drug-likeness (QED) is 0.226. The molecule has 0 radical (unpaired) electrons. The predicted octanol–water partition coefficient (Wildman–Crippen LogP) is 5.08. The third-order valence-electron chi connectivity index (χ3n) is 5.95. The molecule has 32 heavy (non-hydrogen) atoms. The summed E-state index contributed by atoms with van der Waals surface area (Å²) < 4.78 is 37.1. The Balaban J connectivity index is 3.08. The van der Waals surface area contributed by atoms with Crippen molar-refractivity contribution >= 4 is 24.1 Å². The first-order valence-electron chi connectivity index (χ1n) is 11.4. The van der Waals surface area contributed by atoms with Crippen LogP contribution in [0.1, 0.15) is 54.4 Å². The van der Waals surface area contributed by atoms with Gasteiger partial charge in [0.05, 0.1) is 24.5 Å². The Morgan fingerprint density at radius 3 is 2.06 bits per heavy atom. The van der Waals surface area contributed by atoms with Crippen LogP contribution >= 0.6 is 0 Å². The molecule has 0 bridgehead atoms. The molecule has 0 saturated carbocycles. The summed E-state index contributed by atoms with van der Waals surface area (Å²) in [6.45, 7) is 14.4. The molecule has 0 spiro atoms. The molecule has 0 amide bonds. The van der Waals surface area contributed by atoms with Gasteiger partial charge in [-0.1, -0.05) is 59.7 Å². The monoisotopic (exact) mass is 483 g/mol. The van der Waals surface area contributed by atoms with Crippen LogP contribution in [0.25, 0.3) is 0 Å². The Morgan fingerprint density at radius 1 is 1.00 bits per heavy atom. The number of methoxy groups -OCH3 is 1. The van der Waals surface area contributed by atoms with Crippen LogP contribution in [-0.2, 0) is 23.8 Å². The smallest absolute Gasteiger partial charge is 0.306 e. The first-order chi connectivity index (χ1) is 15.0. The highest BCUT2D eigenvalue weighted by Gasteiger charge is 2.46. The Hall–Kier alpha value is -1.48. The summed E-state index contributed by atoms with van der Waals surface area (Å²) in [7, 11) is -4.38. The molecule has 1 unspecified atom stereocenters. The Labute approximate surface area is 195 Å². The van der Waals surface area contributed by atoms with E-state index in [-0.39, 0.29) is 17.0 Å². The van der Waals surface area contributed by atoms with Gasteiger partial charge in [-0.25, -0.2) is 8.42 Å². The summed E-state index contributed by atoms with van der Waals surface area (Å²) in [4.78, 5) is 11.6. The first kappa shape index (κ1) is 28.5. The molecule has 1 atom stereocenters. The molecule has 0 fully saturated rings. The number of sulfone groups is 1. The number of hydrogen-bond donors (Lipinski definition) is 1. The third-order valence-corrected chi connectivity index (χ3v) is 13.5. The molecule has 0 aliphatic rings. The van der Waals surface area contributed by atoms with Gasteiger partial charge in [0.2, 0.25) is 8.32 Å². The van der Waals surface area contributed by atoms with E-state index in [9.17, 15) is 13.2 Å². The van der Waals surface area contributed by atoms with Gasteiger partial charge in [-0.3, -0.25) is 4.79 Å². The lowest BCUT2D eigenvalue weighted by molar-refractivity contribution is -0.140. The van der Waals surface area contributed by atoms with Crippen LogP contribution in [0.4, 0.5) is 0 Å². The van der Waals surface area contributed by atoms with Crippen LogP contribution in [0.15, 0.2) is 46.7 Å². The lowest BCUT2D eigenvalue weighted by Crippen LogP contribution is -2.50. The van der Waals surface area contributed by atoms with Crippen molar-refractivity contribution in [2.45, 2.75) is 82.0 Å². The third kappa shape index (κ3) is 8.14. The summed E-state index contributed by atoms with van der Waals surface area (Å²) >= 11 is 0. The number of rotatable bonds is 14. The van der Waals surface area contributed by atoms with E-state index in [0.717, 1.165) is 0 Å². The number of esters is 1. The minimum absolute atomic E-state index is 0.259. The molecule has 0 aromatic heterocycles. The molecule has 6 nitrogen and oxygen atoms in total. The number of carbonyl (C=O) groups is 1. The lowest BCUT2D eigenvalue weighted by atomic mass is 10.2. The molecular formula is C24H41NO5SSi. The second kappa shape index (κ2) is 13.3. The Morgan fingerprint density at radius 2 is 1.56 bits per heavy atom. The summed E-state index contributed by atoms with van der Waals surface area (Å²) in [5.74, 6) is -0.259. The maximum atomic E-state index is 12.8. The van der Waals surface area contributed by atoms with E-state index in [4.69, 9.17) is 4.43 Å². The second-order valence-electron chi connectivity index (χ2n) is 9.03. The second-order valence-corrected chi connectivity index (χ2v) is 16.3. The topological polar surface area (TPSA) is 81.7 Å². The summed E-state index contributed by atoms with van der Waals surface area (Å²) in [5, 5.41) is 4.51. The van der Waals surface area contributed by atoms with Crippen molar-refractivity contribution < 1.29 is 22.4 Å². The number of ether oxygens (including phenoxy) is 1. The number of carbonyl (C=O) groups excluding carboxylic acids is 1. The van der Waals surface area contributed by atoms with Crippen molar-refractivity contribution in [1.29, 1.82) is 0 Å². The summed E-state index contributed by atoms with van der Waals surface area (Å²) in [6.07, 6.45) is 2.27. The van der Waals surface area contributed by atoms with Gasteiger partial charge in [0.25, 0.3) is 0 Å². The lowest BCUT2D eigenvalue weighted by Gasteiger charge is -2.44. The largest absolute Gasteiger partial charge is 0.469 e. The normalized spacial score (nSPS) is 13.9. The van der Waals surface area contributed by atoms with Crippen molar-refractivity contribution in [2.24, 2.45) is 0 Å². The first-order valence-corrected chi connectivity index (χ1v) is 15.1. The highest BCUT2D eigenvalue weighted by Crippen LogP contribution is 2.43. The van der Waals surface area contributed by atoms with Crippen LogP contribution in [0.2, 0.25) is 16.6 Å². The zero-order valence-electron chi connectivity index (χ0n) is 20.6. The molecule has 0 saturated heterocycles. The van der Waals surface area contributed by atoms with Crippen LogP contribution in [0.5, 0.6) is 0 Å². The molecule has 1 aromatic carbocycles. The van der Waals surface area contributed by atoms with Gasteiger partial charge in [-0.05, 0) is 47.8 Å². The number of benzene rings is 1. The molecule has 0 aliphatic heterocycles. The summed E-state index contributed by atoms with van der Waals surface area (Å²) in [5.41, 5.74) is 1.16. The maximum Gasteiger partial charge on any atom is 0.306 e. The molecule has 8 heteroatoms. The van der Waals surface area contributed by atoms with Crippen LogP contribution in [-0.4, -0.2) is 49.0 Å². The average Bonchev–Trinajstić information content (AvgIpc) is 2.74. The van der Waals surface area contributed by atoms with E-state index in [1.54, 1.807) is 36.4 Å². The molecule has 1 aromatic rings. The highest BCUT2D eigenvalue weighted by atomic mass is 32.2. The van der Waals surface area contributed by atoms with E-state index < -0.39 is 18.2 Å². The zero-order valence-corrected chi connectivity index (χ0v) is 22.4. The predicted molar refractivity (Wildman–Crippen MR) is 133 cm³/mol. The minimum atomic E-state index is -3.55. The van der Waals surface area contributed by atoms with Crippen molar-refractivity contribution in [2.75, 3.05) is 20.2 Å². The SMILES string of the molecule is COC(=O)CCNCCC(/C=C/S(=O)(=O)c1ccccc1)O[Si](C(C)C)(C(C)C)C(C)C. The number of hydrogen-bond acceptors (Lipinski definition) is 6. The molecule has 0 aliphatic carbocycles. The fourth-order valence-electron chi connectivity index (χ4n) is 4.41. The Bertz CT molecular complexity index is 800. The summed E-state index contributed by atoms with van der Waals surface area (Å²) in [6, 6.07) is 8.42. The van der Waals surface area contributed by atoms with Gasteiger partial charge in [0.15, 0.2) is 9.84 Å². The van der Waals surface area contributed by atoms with Gasteiger partial charge in [0.1, 0.15) is 0 Å². The van der Waals surface area contributed by atoms with E-state index in [1.807, 2.05) is 0 Å². The minimum Gasteiger partial charge on any atom is -0.469 e. The fourth-order valence-corrected chi connectivity index (χ4v) is 11.0. The van der Waals surface area contributed by atoms with Crippen molar-refractivity contribution in [3.8, 4) is 0 Å². The molecule has 1 N–H and O–H groups in total. The van der Waals surface area contributed by atoms with Crippen molar-refractivity contribution in [1.82, 2.24) is 5.32 Å². The number of nitrogens with one attached hydrogen (secondary N) is 1. The van der Waals surface area contributed by atoms with Gasteiger partial charge >= 0.3 is 5.97 Å². The van der Waals surface area contributed by atoms with Gasteiger partial charge in [-0.2, -0.15) is 0 Å². The van der Waals surface area contributed by atoms with Crippen LogP contribution in [0, 0.1) is 0 Å². The standard InChI is InChI=1S/C24H41NO5SSi/c1-19(2)32(20(3)4,21(5)6)30-22(13-16-25-17-14-24(26)29-7)15-18-31(27,28)23-11-9-8-10-12-23/h8-12,15,18-22,25H,13-14,16-17H2,1-7H3/b18-15+. The molecule has 182 valence electrons. The highest BCUT2D eigenvalue weighted by molar-refractivity contribution is 7.94. The van der Waals surface area contributed by atoms with E-state index in [2.05, 4.69) is 51.6 Å².